The summed E-state index contributed by atoms with van der Waals surface area (Å²) in [5.41, 5.74) is 4.39. The molecule has 0 radical (unpaired) electrons. The summed E-state index contributed by atoms with van der Waals surface area (Å²) >= 11 is 6.15. The van der Waals surface area contributed by atoms with Gasteiger partial charge in [0.15, 0.2) is 0 Å². The number of nitrogens with zero attached hydrogens (tertiary/aromatic N) is 1. The van der Waals surface area contributed by atoms with Gasteiger partial charge in [-0.05, 0) is 55.8 Å². The van der Waals surface area contributed by atoms with Crippen LogP contribution in [0.25, 0.3) is 11.0 Å². The molecule has 6 heteroatoms. The zero-order valence-corrected chi connectivity index (χ0v) is 18.2. The van der Waals surface area contributed by atoms with Crippen molar-refractivity contribution in [3.8, 4) is 5.75 Å². The molecule has 0 saturated carbocycles. The van der Waals surface area contributed by atoms with Crippen molar-refractivity contribution >= 4 is 39.9 Å². The number of aryl methyl sites for hydroxylation is 2. The first-order valence-corrected chi connectivity index (χ1v) is 10.1. The van der Waals surface area contributed by atoms with Crippen LogP contribution >= 0.6 is 11.6 Å². The smallest absolute Gasteiger partial charge is 0.261 e. The summed E-state index contributed by atoms with van der Waals surface area (Å²) in [6.45, 7) is 3.96. The molecule has 4 aromatic rings. The Hall–Kier alpha value is -3.57. The molecule has 0 bridgehead atoms. The SMILES string of the molecule is COc1ccc(Cl)cc1N=c1oc2ccccc2cc1C(=O)Nc1ccc(C)cc1C. The zero-order valence-electron chi connectivity index (χ0n) is 17.4. The van der Waals surface area contributed by atoms with Gasteiger partial charge < -0.3 is 14.5 Å². The molecule has 0 saturated heterocycles. The van der Waals surface area contributed by atoms with E-state index in [2.05, 4.69) is 10.3 Å². The minimum Gasteiger partial charge on any atom is -0.494 e. The number of methoxy groups -OCH3 is 1. The van der Waals surface area contributed by atoms with E-state index in [0.29, 0.717) is 27.6 Å². The maximum Gasteiger partial charge on any atom is 0.261 e. The molecule has 0 spiro atoms. The summed E-state index contributed by atoms with van der Waals surface area (Å²) in [7, 11) is 1.55. The Morgan fingerprint density at radius 1 is 1.03 bits per heavy atom. The highest BCUT2D eigenvalue weighted by molar-refractivity contribution is 6.30. The number of hydrogen-bond acceptors (Lipinski definition) is 4. The van der Waals surface area contributed by atoms with Crippen molar-refractivity contribution in [1.82, 2.24) is 0 Å². The number of carbonyl (C=O) groups is 1. The highest BCUT2D eigenvalue weighted by Crippen LogP contribution is 2.30. The number of anilines is 1. The molecule has 0 fully saturated rings. The van der Waals surface area contributed by atoms with Crippen LogP contribution in [0.1, 0.15) is 21.5 Å². The van der Waals surface area contributed by atoms with Gasteiger partial charge in [-0.25, -0.2) is 4.99 Å². The Morgan fingerprint density at radius 2 is 1.84 bits per heavy atom. The number of fused-ring (bicyclic) bond motifs is 1. The zero-order chi connectivity index (χ0) is 22.0. The van der Waals surface area contributed by atoms with Crippen LogP contribution in [-0.2, 0) is 0 Å². The number of hydrogen-bond donors (Lipinski definition) is 1. The van der Waals surface area contributed by atoms with Crippen LogP contribution in [-0.4, -0.2) is 13.0 Å². The van der Waals surface area contributed by atoms with Gasteiger partial charge in [0.05, 0.1) is 7.11 Å². The van der Waals surface area contributed by atoms with E-state index >= 15 is 0 Å². The summed E-state index contributed by atoms with van der Waals surface area (Å²) in [6.07, 6.45) is 0. The van der Waals surface area contributed by atoms with Crippen molar-refractivity contribution in [3.63, 3.8) is 0 Å². The molecule has 0 aliphatic rings. The minimum atomic E-state index is -0.318. The van der Waals surface area contributed by atoms with E-state index in [1.165, 1.54) is 0 Å². The van der Waals surface area contributed by atoms with Crippen molar-refractivity contribution in [1.29, 1.82) is 0 Å². The first-order chi connectivity index (χ1) is 14.9. The summed E-state index contributed by atoms with van der Waals surface area (Å²) < 4.78 is 11.4. The average Bonchev–Trinajstić information content (AvgIpc) is 2.75. The number of nitrogens with one attached hydrogen (secondary N) is 1. The van der Waals surface area contributed by atoms with Gasteiger partial charge in [0.2, 0.25) is 5.55 Å². The van der Waals surface area contributed by atoms with E-state index in [1.807, 2.05) is 56.3 Å². The van der Waals surface area contributed by atoms with E-state index in [9.17, 15) is 4.79 Å². The lowest BCUT2D eigenvalue weighted by Gasteiger charge is -2.10. The van der Waals surface area contributed by atoms with Crippen molar-refractivity contribution in [2.45, 2.75) is 13.8 Å². The van der Waals surface area contributed by atoms with Gasteiger partial charge >= 0.3 is 0 Å². The van der Waals surface area contributed by atoms with E-state index in [-0.39, 0.29) is 11.5 Å². The minimum absolute atomic E-state index is 0.168. The van der Waals surface area contributed by atoms with E-state index in [0.717, 1.165) is 22.2 Å². The van der Waals surface area contributed by atoms with Crippen LogP contribution in [0, 0.1) is 13.8 Å². The summed E-state index contributed by atoms with van der Waals surface area (Å²) in [4.78, 5) is 17.8. The number of carbonyl (C=O) groups excluding carboxylic acids is 1. The number of para-hydroxylation sites is 1. The van der Waals surface area contributed by atoms with Gasteiger partial charge in [0.1, 0.15) is 22.6 Å². The normalized spacial score (nSPS) is 11.5. The molecule has 1 N–H and O–H groups in total. The molecule has 31 heavy (non-hydrogen) atoms. The van der Waals surface area contributed by atoms with Gasteiger partial charge in [0.25, 0.3) is 5.91 Å². The third kappa shape index (κ3) is 4.47. The molecule has 1 aromatic heterocycles. The van der Waals surface area contributed by atoms with Crippen molar-refractivity contribution < 1.29 is 13.9 Å². The maximum atomic E-state index is 13.2. The number of amides is 1. The second kappa shape index (κ2) is 8.66. The Balaban J connectivity index is 1.88. The lowest BCUT2D eigenvalue weighted by molar-refractivity contribution is 0.102. The summed E-state index contributed by atoms with van der Waals surface area (Å²) in [6, 6.07) is 20.2. The molecular weight excluding hydrogens is 412 g/mol. The molecule has 0 unspecified atom stereocenters. The van der Waals surface area contributed by atoms with Crippen LogP contribution in [0.3, 0.4) is 0 Å². The molecule has 5 nitrogen and oxygen atoms in total. The van der Waals surface area contributed by atoms with Gasteiger partial charge in [-0.15, -0.1) is 0 Å². The molecule has 4 rings (SSSR count). The second-order valence-corrected chi connectivity index (χ2v) is 7.64. The van der Waals surface area contributed by atoms with Crippen molar-refractivity contribution in [2.75, 3.05) is 12.4 Å². The summed E-state index contributed by atoms with van der Waals surface area (Å²) in [5, 5.41) is 4.27. The number of rotatable bonds is 4. The molecule has 0 aliphatic carbocycles. The molecule has 0 atom stereocenters. The fourth-order valence-corrected chi connectivity index (χ4v) is 3.48. The summed E-state index contributed by atoms with van der Waals surface area (Å²) in [5.74, 6) is 0.203. The van der Waals surface area contributed by atoms with Crippen LogP contribution < -0.4 is 15.6 Å². The lowest BCUT2D eigenvalue weighted by atomic mass is 10.1. The van der Waals surface area contributed by atoms with Gasteiger partial charge in [0, 0.05) is 16.1 Å². The Kier molecular flexibility index (Phi) is 5.78. The molecule has 1 amide bonds. The molecular formula is C25H21ClN2O3. The van der Waals surface area contributed by atoms with Crippen LogP contribution in [0.5, 0.6) is 5.75 Å². The predicted molar refractivity (Wildman–Crippen MR) is 123 cm³/mol. The maximum absolute atomic E-state index is 13.2. The molecule has 156 valence electrons. The Labute approximate surface area is 185 Å². The predicted octanol–water partition coefficient (Wildman–Crippen LogP) is 6.20. The van der Waals surface area contributed by atoms with Gasteiger partial charge in [-0.1, -0.05) is 47.5 Å². The average molecular weight is 433 g/mol. The molecule has 0 aliphatic heterocycles. The third-order valence-corrected chi connectivity index (χ3v) is 5.13. The van der Waals surface area contributed by atoms with E-state index < -0.39 is 0 Å². The third-order valence-electron chi connectivity index (χ3n) is 4.89. The van der Waals surface area contributed by atoms with Crippen LogP contribution in [0.2, 0.25) is 5.02 Å². The first kappa shape index (κ1) is 20.7. The quantitative estimate of drug-likeness (QED) is 0.417. The highest BCUT2D eigenvalue weighted by Gasteiger charge is 2.15. The Morgan fingerprint density at radius 3 is 2.61 bits per heavy atom. The van der Waals surface area contributed by atoms with Crippen molar-refractivity contribution in [3.05, 3.63) is 94.0 Å². The largest absolute Gasteiger partial charge is 0.494 e. The van der Waals surface area contributed by atoms with E-state index in [4.69, 9.17) is 20.8 Å². The number of halogens is 1. The number of benzene rings is 3. The second-order valence-electron chi connectivity index (χ2n) is 7.20. The Bertz CT molecular complexity index is 1360. The van der Waals surface area contributed by atoms with Crippen LogP contribution in [0.4, 0.5) is 11.4 Å². The van der Waals surface area contributed by atoms with Gasteiger partial charge in [-0.2, -0.15) is 0 Å². The fraction of sp³-hybridized carbons (Fsp3) is 0.120. The van der Waals surface area contributed by atoms with E-state index in [1.54, 1.807) is 31.4 Å². The molecule has 3 aromatic carbocycles. The highest BCUT2D eigenvalue weighted by atomic mass is 35.5. The topological polar surface area (TPSA) is 63.8 Å². The van der Waals surface area contributed by atoms with Crippen LogP contribution in [0.15, 0.2) is 76.1 Å². The first-order valence-electron chi connectivity index (χ1n) is 9.74. The lowest BCUT2D eigenvalue weighted by Crippen LogP contribution is -2.22. The fourth-order valence-electron chi connectivity index (χ4n) is 3.32. The molecule has 1 heterocycles. The number of ether oxygens (including phenoxy) is 1. The van der Waals surface area contributed by atoms with Gasteiger partial charge in [-0.3, -0.25) is 4.79 Å². The van der Waals surface area contributed by atoms with Crippen molar-refractivity contribution in [2.24, 2.45) is 4.99 Å². The standard InChI is InChI=1S/C25H21ClN2O3/c1-15-8-10-20(16(2)12-15)27-24(29)19-13-17-6-4-5-7-22(17)31-25(19)28-21-14-18(26)9-11-23(21)30-3/h4-14H,1-3H3,(H,27,29). The monoisotopic (exact) mass is 432 g/mol.